The van der Waals surface area contributed by atoms with Crippen molar-refractivity contribution in [1.29, 1.82) is 0 Å². The Morgan fingerprint density at radius 1 is 1.21 bits per heavy atom. The summed E-state index contributed by atoms with van der Waals surface area (Å²) in [5.41, 5.74) is 1.95. The molecule has 1 N–H and O–H groups in total. The second kappa shape index (κ2) is 7.93. The molecule has 2 aromatic carbocycles. The molecule has 24 heavy (non-hydrogen) atoms. The van der Waals surface area contributed by atoms with Crippen LogP contribution in [0.5, 0.6) is 0 Å². The van der Waals surface area contributed by atoms with Crippen LogP contribution in [0.3, 0.4) is 0 Å². The molecule has 0 bridgehead atoms. The van der Waals surface area contributed by atoms with Gasteiger partial charge in [-0.2, -0.15) is 0 Å². The van der Waals surface area contributed by atoms with Crippen molar-refractivity contribution in [2.24, 2.45) is 0 Å². The van der Waals surface area contributed by atoms with Crippen LogP contribution in [0.25, 0.3) is 0 Å². The van der Waals surface area contributed by atoms with Gasteiger partial charge in [-0.15, -0.1) is 0 Å². The Kier molecular flexibility index (Phi) is 5.93. The monoisotopic (exact) mass is 348 g/mol. The Bertz CT molecular complexity index is 764. The van der Waals surface area contributed by atoms with E-state index in [4.69, 9.17) is 11.6 Å². The molecule has 126 valence electrons. The van der Waals surface area contributed by atoms with Gasteiger partial charge in [-0.25, -0.2) is 4.39 Å². The minimum absolute atomic E-state index is 0.0954. The molecule has 0 unspecified atom stereocenters. The lowest BCUT2D eigenvalue weighted by Gasteiger charge is -2.23. The minimum atomic E-state index is -0.421. The first-order chi connectivity index (χ1) is 11.4. The molecule has 0 aromatic heterocycles. The summed E-state index contributed by atoms with van der Waals surface area (Å²) in [4.78, 5) is 25.5. The lowest BCUT2D eigenvalue weighted by Crippen LogP contribution is -2.32. The van der Waals surface area contributed by atoms with Crippen LogP contribution in [-0.2, 0) is 9.59 Å². The number of benzene rings is 2. The quantitative estimate of drug-likeness (QED) is 0.881. The predicted molar refractivity (Wildman–Crippen MR) is 93.9 cm³/mol. The predicted octanol–water partition coefficient (Wildman–Crippen LogP) is 4.17. The van der Waals surface area contributed by atoms with Crippen LogP contribution in [0.1, 0.15) is 18.9 Å². The van der Waals surface area contributed by atoms with Crippen LogP contribution >= 0.6 is 11.6 Å². The molecule has 0 atom stereocenters. The molecule has 0 aliphatic rings. The van der Waals surface area contributed by atoms with E-state index in [1.165, 1.54) is 30.0 Å². The molecule has 6 heteroatoms. The topological polar surface area (TPSA) is 49.4 Å². The summed E-state index contributed by atoms with van der Waals surface area (Å²) in [6.07, 6.45) is 0.0954. The van der Waals surface area contributed by atoms with Gasteiger partial charge in [0.05, 0.1) is 0 Å². The number of rotatable bonds is 5. The fraction of sp³-hybridized carbons (Fsp3) is 0.222. The Balaban J connectivity index is 2.03. The molecule has 0 fully saturated rings. The summed E-state index contributed by atoms with van der Waals surface area (Å²) in [7, 11) is 0. The molecule has 0 radical (unpaired) electrons. The third-order valence-corrected chi connectivity index (χ3v) is 3.74. The van der Waals surface area contributed by atoms with Crippen molar-refractivity contribution in [2.75, 3.05) is 16.8 Å². The van der Waals surface area contributed by atoms with Crippen LogP contribution in [-0.4, -0.2) is 18.4 Å². The van der Waals surface area contributed by atoms with Gasteiger partial charge in [0.2, 0.25) is 11.8 Å². The van der Waals surface area contributed by atoms with E-state index < -0.39 is 5.82 Å². The van der Waals surface area contributed by atoms with E-state index in [0.717, 1.165) is 5.56 Å². The smallest absolute Gasteiger partial charge is 0.226 e. The lowest BCUT2D eigenvalue weighted by molar-refractivity contribution is -0.117. The zero-order chi connectivity index (χ0) is 17.7. The number of nitrogens with zero attached hydrogens (tertiary/aromatic N) is 1. The van der Waals surface area contributed by atoms with Gasteiger partial charge in [-0.05, 0) is 48.9 Å². The lowest BCUT2D eigenvalue weighted by atomic mass is 10.1. The zero-order valence-corrected chi connectivity index (χ0v) is 14.2. The fourth-order valence-electron chi connectivity index (χ4n) is 2.37. The molecular weight excluding hydrogens is 331 g/mol. The largest absolute Gasteiger partial charge is 0.326 e. The van der Waals surface area contributed by atoms with Crippen molar-refractivity contribution in [3.63, 3.8) is 0 Å². The minimum Gasteiger partial charge on any atom is -0.326 e. The summed E-state index contributed by atoms with van der Waals surface area (Å²) >= 11 is 5.93. The highest BCUT2D eigenvalue weighted by molar-refractivity contribution is 6.30. The number of aryl methyl sites for hydroxylation is 1. The van der Waals surface area contributed by atoms with Crippen molar-refractivity contribution in [3.05, 3.63) is 58.9 Å². The highest BCUT2D eigenvalue weighted by atomic mass is 35.5. The molecule has 0 saturated carbocycles. The van der Waals surface area contributed by atoms with Crippen molar-refractivity contribution in [2.45, 2.75) is 20.3 Å². The molecule has 0 spiro atoms. The first kappa shape index (κ1) is 17.9. The first-order valence-corrected chi connectivity index (χ1v) is 7.84. The zero-order valence-electron chi connectivity index (χ0n) is 13.5. The van der Waals surface area contributed by atoms with E-state index in [0.29, 0.717) is 16.4 Å². The van der Waals surface area contributed by atoms with E-state index in [-0.39, 0.29) is 24.8 Å². The number of anilines is 2. The third-order valence-electron chi connectivity index (χ3n) is 3.50. The molecule has 0 heterocycles. The van der Waals surface area contributed by atoms with E-state index in [1.54, 1.807) is 24.3 Å². The number of hydrogen-bond acceptors (Lipinski definition) is 2. The highest BCUT2D eigenvalue weighted by Gasteiger charge is 2.15. The maximum absolute atomic E-state index is 13.1. The van der Waals surface area contributed by atoms with Gasteiger partial charge in [0.15, 0.2) is 0 Å². The second-order valence-electron chi connectivity index (χ2n) is 5.41. The van der Waals surface area contributed by atoms with E-state index in [2.05, 4.69) is 5.32 Å². The van der Waals surface area contributed by atoms with Crippen LogP contribution in [0.15, 0.2) is 42.5 Å². The maximum Gasteiger partial charge on any atom is 0.226 e. The molecule has 0 aliphatic carbocycles. The van der Waals surface area contributed by atoms with Gasteiger partial charge in [0.1, 0.15) is 5.82 Å². The Morgan fingerprint density at radius 2 is 1.96 bits per heavy atom. The van der Waals surface area contributed by atoms with Crippen molar-refractivity contribution >= 4 is 34.8 Å². The number of nitrogens with one attached hydrogen (secondary N) is 1. The maximum atomic E-state index is 13.1. The summed E-state index contributed by atoms with van der Waals surface area (Å²) in [6.45, 7) is 3.52. The van der Waals surface area contributed by atoms with Gasteiger partial charge in [0.25, 0.3) is 0 Å². The first-order valence-electron chi connectivity index (χ1n) is 7.46. The Labute approximate surface area is 145 Å². The Morgan fingerprint density at radius 3 is 2.58 bits per heavy atom. The van der Waals surface area contributed by atoms with E-state index in [1.807, 2.05) is 6.92 Å². The van der Waals surface area contributed by atoms with Gasteiger partial charge in [-0.3, -0.25) is 9.59 Å². The number of hydrogen-bond donors (Lipinski definition) is 1. The summed E-state index contributed by atoms with van der Waals surface area (Å²) in [5, 5.41) is 3.20. The standard InChI is InChI=1S/C18H18ClFN2O2/c1-12-10-14(19)6-7-17(12)22(13(2)23)9-8-18(24)21-16-5-3-4-15(20)11-16/h3-7,10-11H,8-9H2,1-2H3,(H,21,24). The summed E-state index contributed by atoms with van der Waals surface area (Å²) in [6, 6.07) is 10.9. The van der Waals surface area contributed by atoms with Crippen LogP contribution in [0.2, 0.25) is 5.02 Å². The summed E-state index contributed by atoms with van der Waals surface area (Å²) in [5.74, 6) is -0.882. The van der Waals surface area contributed by atoms with Crippen LogP contribution in [0.4, 0.5) is 15.8 Å². The highest BCUT2D eigenvalue weighted by Crippen LogP contribution is 2.24. The SMILES string of the molecule is CC(=O)N(CCC(=O)Nc1cccc(F)c1)c1ccc(Cl)cc1C. The van der Waals surface area contributed by atoms with Crippen molar-refractivity contribution < 1.29 is 14.0 Å². The van der Waals surface area contributed by atoms with Gasteiger partial charge in [0, 0.05) is 36.3 Å². The van der Waals surface area contributed by atoms with Crippen LogP contribution < -0.4 is 10.2 Å². The number of halogens is 2. The molecular formula is C18H18ClFN2O2. The number of amides is 2. The third kappa shape index (κ3) is 4.80. The van der Waals surface area contributed by atoms with E-state index in [9.17, 15) is 14.0 Å². The van der Waals surface area contributed by atoms with Gasteiger partial charge < -0.3 is 10.2 Å². The summed E-state index contributed by atoms with van der Waals surface area (Å²) < 4.78 is 13.1. The van der Waals surface area contributed by atoms with Crippen LogP contribution in [0, 0.1) is 12.7 Å². The normalized spacial score (nSPS) is 10.3. The average Bonchev–Trinajstić information content (AvgIpc) is 2.49. The molecule has 2 amide bonds. The second-order valence-corrected chi connectivity index (χ2v) is 5.85. The Hall–Kier alpha value is -2.40. The molecule has 2 aromatic rings. The number of carbonyl (C=O) groups excluding carboxylic acids is 2. The van der Waals surface area contributed by atoms with Crippen molar-refractivity contribution in [1.82, 2.24) is 0 Å². The van der Waals surface area contributed by atoms with Crippen molar-refractivity contribution in [3.8, 4) is 0 Å². The molecule has 2 rings (SSSR count). The van der Waals surface area contributed by atoms with E-state index >= 15 is 0 Å². The van der Waals surface area contributed by atoms with Gasteiger partial charge >= 0.3 is 0 Å². The number of carbonyl (C=O) groups is 2. The molecule has 0 aliphatic heterocycles. The molecule has 0 saturated heterocycles. The van der Waals surface area contributed by atoms with Gasteiger partial charge in [-0.1, -0.05) is 17.7 Å². The average molecular weight is 349 g/mol. The fourth-order valence-corrected chi connectivity index (χ4v) is 2.60. The molecule has 4 nitrogen and oxygen atoms in total.